The lowest BCUT2D eigenvalue weighted by molar-refractivity contribution is 0.0578. The van der Waals surface area contributed by atoms with Crippen LogP contribution in [0.4, 0.5) is 0 Å². The molecule has 2 nitrogen and oxygen atoms in total. The van der Waals surface area contributed by atoms with E-state index in [0.29, 0.717) is 6.42 Å². The summed E-state index contributed by atoms with van der Waals surface area (Å²) in [5, 5.41) is 9.09. The van der Waals surface area contributed by atoms with Gasteiger partial charge in [0.05, 0.1) is 12.2 Å². The van der Waals surface area contributed by atoms with Crippen molar-refractivity contribution in [3.8, 4) is 0 Å². The van der Waals surface area contributed by atoms with Gasteiger partial charge in [-0.25, -0.2) is 0 Å². The normalized spacial score (nSPS) is 16.3. The number of hydrogen-bond acceptors (Lipinski definition) is 2. The van der Waals surface area contributed by atoms with E-state index >= 15 is 0 Å². The van der Waals surface area contributed by atoms with Crippen LogP contribution < -0.4 is 0 Å². The third kappa shape index (κ3) is 3.64. The summed E-state index contributed by atoms with van der Waals surface area (Å²) < 4.78 is 5.06. The van der Waals surface area contributed by atoms with Gasteiger partial charge in [0.1, 0.15) is 0 Å². The number of ether oxygens (including phenoxy) is 1. The molecule has 10 heavy (non-hydrogen) atoms. The van der Waals surface area contributed by atoms with E-state index in [-0.39, 0.29) is 6.10 Å². The molecule has 0 heterocycles. The van der Waals surface area contributed by atoms with Gasteiger partial charge in [0.15, 0.2) is 0 Å². The molecular weight excluding hydrogens is 128 g/mol. The molecule has 2 atom stereocenters. The number of rotatable bonds is 5. The summed E-state index contributed by atoms with van der Waals surface area (Å²) in [4.78, 5) is 0. The van der Waals surface area contributed by atoms with Gasteiger partial charge >= 0.3 is 0 Å². The van der Waals surface area contributed by atoms with Gasteiger partial charge in [0.2, 0.25) is 0 Å². The van der Waals surface area contributed by atoms with Crippen molar-refractivity contribution in [3.63, 3.8) is 0 Å². The Hall–Kier alpha value is -0.340. The fraction of sp³-hybridized carbons (Fsp3) is 0.750. The zero-order valence-corrected chi connectivity index (χ0v) is 6.71. The summed E-state index contributed by atoms with van der Waals surface area (Å²) in [6.45, 7) is 5.51. The number of aliphatic hydroxyl groups excluding tert-OH is 1. The molecule has 0 aliphatic rings. The first-order chi connectivity index (χ1) is 4.74. The minimum absolute atomic E-state index is 0.160. The number of aliphatic hydroxyl groups is 1. The van der Waals surface area contributed by atoms with Crippen molar-refractivity contribution in [1.29, 1.82) is 0 Å². The summed E-state index contributed by atoms with van der Waals surface area (Å²) in [5.41, 5.74) is 0. The summed E-state index contributed by atoms with van der Waals surface area (Å²) in [7, 11) is 1.66. The van der Waals surface area contributed by atoms with Gasteiger partial charge in [-0.1, -0.05) is 13.0 Å². The predicted molar refractivity (Wildman–Crippen MR) is 41.9 cm³/mol. The van der Waals surface area contributed by atoms with Crippen LogP contribution in [0.5, 0.6) is 0 Å². The summed E-state index contributed by atoms with van der Waals surface area (Å²) >= 11 is 0. The smallest absolute Gasteiger partial charge is 0.0743 e. The maximum atomic E-state index is 9.09. The lowest BCUT2D eigenvalue weighted by atomic mass is 10.1. The second kappa shape index (κ2) is 5.45. The Balaban J connectivity index is 3.51. The van der Waals surface area contributed by atoms with E-state index < -0.39 is 6.10 Å². The average molecular weight is 144 g/mol. The lowest BCUT2D eigenvalue weighted by Gasteiger charge is -2.14. The fourth-order valence-corrected chi connectivity index (χ4v) is 0.795. The topological polar surface area (TPSA) is 29.5 Å². The molecule has 0 spiro atoms. The Labute approximate surface area is 62.5 Å². The molecule has 0 radical (unpaired) electrons. The first kappa shape index (κ1) is 9.66. The molecule has 0 aromatic heterocycles. The molecule has 0 saturated heterocycles. The second-order valence-corrected chi connectivity index (χ2v) is 2.30. The largest absolute Gasteiger partial charge is 0.389 e. The highest BCUT2D eigenvalue weighted by Gasteiger charge is 2.07. The Morgan fingerprint density at radius 1 is 1.70 bits per heavy atom. The van der Waals surface area contributed by atoms with Crippen molar-refractivity contribution < 1.29 is 9.84 Å². The van der Waals surface area contributed by atoms with Crippen molar-refractivity contribution >= 4 is 0 Å². The standard InChI is InChI=1S/C8H16O2/c1-4-7(9)6-8(5-2)10-3/h4,7-9H,1,5-6H2,2-3H3/t7?,8-/m1/s1. The SMILES string of the molecule is C=CC(O)C[C@@H](CC)OC. The second-order valence-electron chi connectivity index (χ2n) is 2.30. The van der Waals surface area contributed by atoms with Crippen molar-refractivity contribution in [2.24, 2.45) is 0 Å². The van der Waals surface area contributed by atoms with Gasteiger partial charge in [-0.05, 0) is 6.42 Å². The molecule has 0 rings (SSSR count). The molecule has 60 valence electrons. The summed E-state index contributed by atoms with van der Waals surface area (Å²) in [5.74, 6) is 0. The average Bonchev–Trinajstić information content (AvgIpc) is 1.99. The number of methoxy groups -OCH3 is 1. The first-order valence-corrected chi connectivity index (χ1v) is 3.58. The van der Waals surface area contributed by atoms with E-state index in [2.05, 4.69) is 6.58 Å². The highest BCUT2D eigenvalue weighted by molar-refractivity contribution is 4.80. The highest BCUT2D eigenvalue weighted by Crippen LogP contribution is 2.05. The summed E-state index contributed by atoms with van der Waals surface area (Å²) in [6, 6.07) is 0. The van der Waals surface area contributed by atoms with E-state index in [1.165, 1.54) is 6.08 Å². The van der Waals surface area contributed by atoms with E-state index in [1.807, 2.05) is 6.92 Å². The van der Waals surface area contributed by atoms with Crippen molar-refractivity contribution in [2.45, 2.75) is 32.0 Å². The van der Waals surface area contributed by atoms with Crippen molar-refractivity contribution in [2.75, 3.05) is 7.11 Å². The van der Waals surface area contributed by atoms with E-state index in [0.717, 1.165) is 6.42 Å². The highest BCUT2D eigenvalue weighted by atomic mass is 16.5. The molecule has 0 aromatic rings. The zero-order valence-electron chi connectivity index (χ0n) is 6.71. The quantitative estimate of drug-likeness (QED) is 0.590. The molecule has 0 saturated carbocycles. The van der Waals surface area contributed by atoms with E-state index in [9.17, 15) is 0 Å². The Morgan fingerprint density at radius 2 is 2.30 bits per heavy atom. The molecule has 0 aliphatic heterocycles. The van der Waals surface area contributed by atoms with Crippen molar-refractivity contribution in [1.82, 2.24) is 0 Å². The van der Waals surface area contributed by atoms with Crippen LogP contribution in [0.2, 0.25) is 0 Å². The first-order valence-electron chi connectivity index (χ1n) is 3.58. The Kier molecular flexibility index (Phi) is 5.26. The Morgan fingerprint density at radius 3 is 2.60 bits per heavy atom. The molecule has 1 unspecified atom stereocenters. The Bertz CT molecular complexity index is 87.3. The molecule has 0 bridgehead atoms. The monoisotopic (exact) mass is 144 g/mol. The maximum absolute atomic E-state index is 9.09. The molecule has 0 amide bonds. The third-order valence-electron chi connectivity index (χ3n) is 1.57. The molecule has 0 fully saturated rings. The van der Waals surface area contributed by atoms with Crippen LogP contribution in [0.15, 0.2) is 12.7 Å². The van der Waals surface area contributed by atoms with Crippen LogP contribution in [-0.4, -0.2) is 24.4 Å². The van der Waals surface area contributed by atoms with Gasteiger partial charge in [-0.2, -0.15) is 0 Å². The van der Waals surface area contributed by atoms with E-state index in [1.54, 1.807) is 7.11 Å². The molecule has 0 aromatic carbocycles. The zero-order chi connectivity index (χ0) is 7.98. The predicted octanol–water partition coefficient (Wildman–Crippen LogP) is 1.35. The van der Waals surface area contributed by atoms with Crippen LogP contribution in [0, 0.1) is 0 Å². The van der Waals surface area contributed by atoms with Gasteiger partial charge in [-0.3, -0.25) is 0 Å². The van der Waals surface area contributed by atoms with Crippen LogP contribution in [0.3, 0.4) is 0 Å². The van der Waals surface area contributed by atoms with Gasteiger partial charge in [-0.15, -0.1) is 6.58 Å². The van der Waals surface area contributed by atoms with Crippen LogP contribution in [0.1, 0.15) is 19.8 Å². The van der Waals surface area contributed by atoms with Crippen LogP contribution >= 0.6 is 0 Å². The van der Waals surface area contributed by atoms with Crippen LogP contribution in [0.25, 0.3) is 0 Å². The fourth-order valence-electron chi connectivity index (χ4n) is 0.795. The minimum Gasteiger partial charge on any atom is -0.389 e. The van der Waals surface area contributed by atoms with E-state index in [4.69, 9.17) is 9.84 Å². The van der Waals surface area contributed by atoms with Gasteiger partial charge in [0.25, 0.3) is 0 Å². The number of hydrogen-bond donors (Lipinski definition) is 1. The third-order valence-corrected chi connectivity index (χ3v) is 1.57. The van der Waals surface area contributed by atoms with Gasteiger partial charge < -0.3 is 9.84 Å². The minimum atomic E-state index is -0.426. The maximum Gasteiger partial charge on any atom is 0.0743 e. The van der Waals surface area contributed by atoms with Crippen LogP contribution in [-0.2, 0) is 4.74 Å². The van der Waals surface area contributed by atoms with Gasteiger partial charge in [0, 0.05) is 13.5 Å². The lowest BCUT2D eigenvalue weighted by Crippen LogP contribution is -2.16. The molecule has 0 aliphatic carbocycles. The summed E-state index contributed by atoms with van der Waals surface area (Å²) in [6.07, 6.45) is 2.84. The van der Waals surface area contributed by atoms with Crippen molar-refractivity contribution in [3.05, 3.63) is 12.7 Å². The molecule has 1 N–H and O–H groups in total. The molecule has 2 heteroatoms. The molecular formula is C8H16O2.